The van der Waals surface area contributed by atoms with Crippen LogP contribution in [0.15, 0.2) is 61.2 Å². The SMILES string of the molecule is Cn1cncc1-c1ccc2c(c1)-c1ncc(CC(=O)c3c(F)cccc3F)cc1CCC2. The smallest absolute Gasteiger partial charge is 0.173 e. The van der Waals surface area contributed by atoms with Crippen LogP contribution in [0.5, 0.6) is 0 Å². The van der Waals surface area contributed by atoms with Gasteiger partial charge in [-0.3, -0.25) is 9.78 Å². The normalized spacial score (nSPS) is 12.7. The second kappa shape index (κ2) is 8.11. The Morgan fingerprint density at radius 1 is 1.03 bits per heavy atom. The minimum absolute atomic E-state index is 0.0972. The standard InChI is InChI=1S/C26H21F2N3O/c1-31-15-29-14-23(31)18-9-8-17-4-2-5-19-10-16(13-30-26(19)20(17)12-18)11-24(32)25-21(27)6-3-7-22(25)28/h3,6-10,12-15H,2,4-5,11H2,1H3. The van der Waals surface area contributed by atoms with Crippen molar-refractivity contribution in [1.82, 2.24) is 14.5 Å². The van der Waals surface area contributed by atoms with Crippen LogP contribution in [0.1, 0.15) is 33.5 Å². The fraction of sp³-hybridized carbons (Fsp3) is 0.192. The van der Waals surface area contributed by atoms with Crippen LogP contribution in [0.3, 0.4) is 0 Å². The summed E-state index contributed by atoms with van der Waals surface area (Å²) in [5.41, 5.74) is 6.50. The van der Waals surface area contributed by atoms with Crippen LogP contribution >= 0.6 is 0 Å². The average molecular weight is 429 g/mol. The molecule has 2 heterocycles. The summed E-state index contributed by atoms with van der Waals surface area (Å²) >= 11 is 0. The van der Waals surface area contributed by atoms with Crippen molar-refractivity contribution in [1.29, 1.82) is 0 Å². The number of aryl methyl sites for hydroxylation is 3. The number of halogens is 2. The van der Waals surface area contributed by atoms with Crippen LogP contribution < -0.4 is 0 Å². The fourth-order valence-corrected chi connectivity index (χ4v) is 4.41. The van der Waals surface area contributed by atoms with Gasteiger partial charge >= 0.3 is 0 Å². The monoisotopic (exact) mass is 429 g/mol. The van der Waals surface area contributed by atoms with Crippen LogP contribution in [-0.2, 0) is 26.3 Å². The molecular weight excluding hydrogens is 408 g/mol. The Kier molecular flexibility index (Phi) is 5.13. The summed E-state index contributed by atoms with van der Waals surface area (Å²) in [6.45, 7) is 0. The van der Waals surface area contributed by atoms with Gasteiger partial charge in [0.2, 0.25) is 0 Å². The van der Waals surface area contributed by atoms with Gasteiger partial charge in [0, 0.05) is 30.8 Å². The van der Waals surface area contributed by atoms with Crippen LogP contribution in [-0.4, -0.2) is 20.3 Å². The van der Waals surface area contributed by atoms with Gasteiger partial charge in [-0.25, -0.2) is 13.8 Å². The maximum Gasteiger partial charge on any atom is 0.173 e. The number of carbonyl (C=O) groups is 1. The van der Waals surface area contributed by atoms with Gasteiger partial charge in [-0.2, -0.15) is 0 Å². The van der Waals surface area contributed by atoms with Crippen LogP contribution in [0.25, 0.3) is 22.5 Å². The Morgan fingerprint density at radius 3 is 2.56 bits per heavy atom. The Balaban J connectivity index is 1.50. The summed E-state index contributed by atoms with van der Waals surface area (Å²) in [5.74, 6) is -2.27. The molecule has 0 saturated carbocycles. The maximum absolute atomic E-state index is 14.0. The molecule has 0 amide bonds. The van der Waals surface area contributed by atoms with E-state index < -0.39 is 23.0 Å². The lowest BCUT2D eigenvalue weighted by molar-refractivity contribution is 0.0985. The van der Waals surface area contributed by atoms with Crippen molar-refractivity contribution in [2.24, 2.45) is 7.05 Å². The summed E-state index contributed by atoms with van der Waals surface area (Å²) in [7, 11) is 1.96. The summed E-state index contributed by atoms with van der Waals surface area (Å²) < 4.78 is 30.0. The van der Waals surface area contributed by atoms with E-state index in [1.807, 2.05) is 23.9 Å². The molecule has 4 aromatic rings. The predicted molar refractivity (Wildman–Crippen MR) is 118 cm³/mol. The number of ketones is 1. The first-order valence-electron chi connectivity index (χ1n) is 10.6. The van der Waals surface area contributed by atoms with E-state index in [9.17, 15) is 13.6 Å². The number of pyridine rings is 1. The second-order valence-electron chi connectivity index (χ2n) is 8.16. The Labute approximate surface area is 184 Å². The zero-order chi connectivity index (χ0) is 22.2. The molecule has 5 rings (SSSR count). The van der Waals surface area contributed by atoms with Gasteiger partial charge in [-0.05, 0) is 54.2 Å². The highest BCUT2D eigenvalue weighted by molar-refractivity contribution is 5.98. The minimum atomic E-state index is -0.839. The summed E-state index contributed by atoms with van der Waals surface area (Å²) in [6.07, 6.45) is 7.88. The number of Topliss-reactive ketones (excluding diaryl/α,β-unsaturated/α-hetero) is 1. The summed E-state index contributed by atoms with van der Waals surface area (Å²) in [5, 5.41) is 0. The Hall–Kier alpha value is -3.67. The lowest BCUT2D eigenvalue weighted by Crippen LogP contribution is -2.10. The van der Waals surface area contributed by atoms with Crippen LogP contribution in [0.4, 0.5) is 8.78 Å². The number of hydrogen-bond acceptors (Lipinski definition) is 3. The number of fused-ring (bicyclic) bond motifs is 3. The van der Waals surface area contributed by atoms with E-state index in [0.29, 0.717) is 5.56 Å². The molecule has 6 heteroatoms. The predicted octanol–water partition coefficient (Wildman–Crippen LogP) is 5.34. The molecule has 2 aromatic heterocycles. The zero-order valence-corrected chi connectivity index (χ0v) is 17.6. The third kappa shape index (κ3) is 3.62. The molecule has 1 aliphatic rings. The van der Waals surface area contributed by atoms with Crippen molar-refractivity contribution in [3.05, 3.63) is 95.1 Å². The zero-order valence-electron chi connectivity index (χ0n) is 17.6. The molecule has 0 N–H and O–H groups in total. The van der Waals surface area contributed by atoms with E-state index >= 15 is 0 Å². The first kappa shape index (κ1) is 20.2. The first-order valence-corrected chi connectivity index (χ1v) is 10.6. The number of rotatable bonds is 4. The summed E-state index contributed by atoms with van der Waals surface area (Å²) in [4.78, 5) is 21.5. The molecule has 2 aromatic carbocycles. The van der Waals surface area contributed by atoms with Crippen molar-refractivity contribution in [3.8, 4) is 22.5 Å². The Morgan fingerprint density at radius 2 is 1.81 bits per heavy atom. The molecule has 0 saturated heterocycles. The van der Waals surface area contributed by atoms with E-state index in [-0.39, 0.29) is 6.42 Å². The van der Waals surface area contributed by atoms with Gasteiger partial charge in [0.05, 0.1) is 29.5 Å². The summed E-state index contributed by atoms with van der Waals surface area (Å²) in [6, 6.07) is 11.8. The molecule has 0 radical (unpaired) electrons. The van der Waals surface area contributed by atoms with Gasteiger partial charge in [0.25, 0.3) is 0 Å². The molecule has 0 aliphatic heterocycles. The number of carbonyl (C=O) groups excluding carboxylic acids is 1. The molecule has 0 atom stereocenters. The van der Waals surface area contributed by atoms with Crippen molar-refractivity contribution >= 4 is 5.78 Å². The van der Waals surface area contributed by atoms with E-state index in [1.165, 1.54) is 11.6 Å². The molecule has 0 fully saturated rings. The number of imidazole rings is 1. The molecule has 160 valence electrons. The third-order valence-electron chi connectivity index (χ3n) is 6.00. The van der Waals surface area contributed by atoms with E-state index in [0.717, 1.165) is 59.5 Å². The number of nitrogens with zero attached hydrogens (tertiary/aromatic N) is 3. The van der Waals surface area contributed by atoms with Gasteiger partial charge < -0.3 is 4.57 Å². The number of hydrogen-bond donors (Lipinski definition) is 0. The fourth-order valence-electron chi connectivity index (χ4n) is 4.41. The number of aromatic nitrogens is 3. The minimum Gasteiger partial charge on any atom is -0.334 e. The van der Waals surface area contributed by atoms with Gasteiger partial charge in [-0.1, -0.05) is 24.3 Å². The highest BCUT2D eigenvalue weighted by atomic mass is 19.1. The average Bonchev–Trinajstić information content (AvgIpc) is 3.11. The van der Waals surface area contributed by atoms with Crippen molar-refractivity contribution in [3.63, 3.8) is 0 Å². The molecule has 0 unspecified atom stereocenters. The van der Waals surface area contributed by atoms with Crippen molar-refractivity contribution < 1.29 is 13.6 Å². The van der Waals surface area contributed by atoms with Gasteiger partial charge in [0.15, 0.2) is 5.78 Å². The molecule has 0 spiro atoms. The highest BCUT2D eigenvalue weighted by Crippen LogP contribution is 2.34. The Bertz CT molecular complexity index is 1320. The largest absolute Gasteiger partial charge is 0.334 e. The van der Waals surface area contributed by atoms with Crippen molar-refractivity contribution in [2.75, 3.05) is 0 Å². The molecule has 1 aliphatic carbocycles. The molecule has 32 heavy (non-hydrogen) atoms. The lowest BCUT2D eigenvalue weighted by atomic mass is 9.96. The van der Waals surface area contributed by atoms with E-state index in [4.69, 9.17) is 4.98 Å². The van der Waals surface area contributed by atoms with E-state index in [2.05, 4.69) is 23.2 Å². The topological polar surface area (TPSA) is 47.8 Å². The molecular formula is C26H21F2N3O. The van der Waals surface area contributed by atoms with E-state index in [1.54, 1.807) is 12.5 Å². The second-order valence-corrected chi connectivity index (χ2v) is 8.16. The highest BCUT2D eigenvalue weighted by Gasteiger charge is 2.21. The first-order chi connectivity index (χ1) is 15.5. The lowest BCUT2D eigenvalue weighted by Gasteiger charge is -2.12. The molecule has 4 nitrogen and oxygen atoms in total. The van der Waals surface area contributed by atoms with Crippen molar-refractivity contribution in [2.45, 2.75) is 25.7 Å². The van der Waals surface area contributed by atoms with Crippen LogP contribution in [0.2, 0.25) is 0 Å². The quantitative estimate of drug-likeness (QED) is 0.412. The van der Waals surface area contributed by atoms with Gasteiger partial charge in [-0.15, -0.1) is 0 Å². The van der Waals surface area contributed by atoms with Gasteiger partial charge in [0.1, 0.15) is 11.6 Å². The maximum atomic E-state index is 14.0. The van der Waals surface area contributed by atoms with Crippen LogP contribution in [0, 0.1) is 11.6 Å². The molecule has 0 bridgehead atoms. The number of benzene rings is 2. The third-order valence-corrected chi connectivity index (χ3v) is 6.00.